The molecule has 0 spiro atoms. The van der Waals surface area contributed by atoms with Crippen molar-refractivity contribution >= 4 is 5.91 Å². The third kappa shape index (κ3) is 3.93. The topological polar surface area (TPSA) is 114 Å². The van der Waals surface area contributed by atoms with Gasteiger partial charge in [-0.3, -0.25) is 4.79 Å². The maximum Gasteiger partial charge on any atom is 0.274 e. The number of nitrogens with one attached hydrogen (secondary N) is 1. The molecule has 0 bridgehead atoms. The highest BCUT2D eigenvalue weighted by Gasteiger charge is 2.21. The number of benzene rings is 2. The van der Waals surface area contributed by atoms with Crippen LogP contribution in [0, 0.1) is 11.6 Å². The predicted molar refractivity (Wildman–Crippen MR) is 98.3 cm³/mol. The van der Waals surface area contributed by atoms with E-state index >= 15 is 0 Å². The lowest BCUT2D eigenvalue weighted by Crippen LogP contribution is -2.24. The highest BCUT2D eigenvalue weighted by molar-refractivity contribution is 5.95. The Labute approximate surface area is 168 Å². The van der Waals surface area contributed by atoms with Crippen molar-refractivity contribution in [2.75, 3.05) is 6.79 Å². The second-order valence-corrected chi connectivity index (χ2v) is 6.46. The van der Waals surface area contributed by atoms with E-state index in [4.69, 9.17) is 9.47 Å². The minimum absolute atomic E-state index is 0.0853. The van der Waals surface area contributed by atoms with E-state index in [-0.39, 0.29) is 25.6 Å². The summed E-state index contributed by atoms with van der Waals surface area (Å²) in [7, 11) is 0. The second-order valence-electron chi connectivity index (χ2n) is 6.46. The molecule has 0 fully saturated rings. The van der Waals surface area contributed by atoms with Gasteiger partial charge in [-0.05, 0) is 35.4 Å². The molecule has 1 amide bonds. The zero-order valence-corrected chi connectivity index (χ0v) is 15.4. The Morgan fingerprint density at radius 2 is 1.77 bits per heavy atom. The molecule has 0 aliphatic carbocycles. The molecular weight excluding hydrogens is 400 g/mol. The van der Waals surface area contributed by atoms with Gasteiger partial charge in [-0.1, -0.05) is 12.1 Å². The maximum absolute atomic E-state index is 13.3. The number of aromatic hydroxyl groups is 2. The van der Waals surface area contributed by atoms with E-state index in [1.807, 2.05) is 0 Å². The zero-order chi connectivity index (χ0) is 21.3. The molecule has 4 rings (SSSR count). The third-order valence-corrected chi connectivity index (χ3v) is 4.36. The molecule has 0 atom stereocenters. The summed E-state index contributed by atoms with van der Waals surface area (Å²) in [5, 5.41) is 22.3. The van der Waals surface area contributed by atoms with Gasteiger partial charge < -0.3 is 25.0 Å². The number of halogens is 2. The predicted octanol–water partition coefficient (Wildman–Crippen LogP) is 2.42. The summed E-state index contributed by atoms with van der Waals surface area (Å²) in [4.78, 5) is 20.2. The fourth-order valence-electron chi connectivity index (χ4n) is 2.87. The van der Waals surface area contributed by atoms with E-state index in [1.165, 1.54) is 6.07 Å². The van der Waals surface area contributed by atoms with Crippen molar-refractivity contribution in [2.24, 2.45) is 0 Å². The molecule has 1 aliphatic rings. The van der Waals surface area contributed by atoms with Gasteiger partial charge in [0, 0.05) is 13.0 Å². The number of hydrogen-bond acceptors (Lipinski definition) is 7. The van der Waals surface area contributed by atoms with Gasteiger partial charge in [0.1, 0.15) is 5.82 Å². The van der Waals surface area contributed by atoms with E-state index in [0.717, 1.165) is 17.7 Å². The molecule has 0 radical (unpaired) electrons. The van der Waals surface area contributed by atoms with Crippen LogP contribution in [-0.4, -0.2) is 32.9 Å². The summed E-state index contributed by atoms with van der Waals surface area (Å²) in [5.74, 6) is -3.16. The lowest BCUT2D eigenvalue weighted by atomic mass is 10.1. The highest BCUT2D eigenvalue weighted by atomic mass is 19.2. The summed E-state index contributed by atoms with van der Waals surface area (Å²) in [6.45, 7) is -0.0186. The SMILES string of the molecule is O=C(NCc1ccc(F)c(F)c1)c1nc(Cc2ccc3c(c2)OCO3)nc(O)c1O. The Bertz CT molecular complexity index is 1140. The number of aromatic nitrogens is 2. The van der Waals surface area contributed by atoms with Crippen LogP contribution in [0.4, 0.5) is 8.78 Å². The maximum atomic E-state index is 13.3. The summed E-state index contributed by atoms with van der Waals surface area (Å²) < 4.78 is 36.8. The summed E-state index contributed by atoms with van der Waals surface area (Å²) in [6, 6.07) is 8.38. The van der Waals surface area contributed by atoms with Crippen LogP contribution in [0.25, 0.3) is 0 Å². The monoisotopic (exact) mass is 415 g/mol. The molecule has 2 heterocycles. The van der Waals surface area contributed by atoms with Gasteiger partial charge in [-0.2, -0.15) is 4.98 Å². The van der Waals surface area contributed by atoms with Gasteiger partial charge >= 0.3 is 0 Å². The summed E-state index contributed by atoms with van der Waals surface area (Å²) in [6.07, 6.45) is 0.147. The molecule has 154 valence electrons. The molecule has 0 saturated carbocycles. The zero-order valence-electron chi connectivity index (χ0n) is 15.4. The van der Waals surface area contributed by atoms with Crippen LogP contribution >= 0.6 is 0 Å². The Morgan fingerprint density at radius 3 is 2.57 bits per heavy atom. The van der Waals surface area contributed by atoms with E-state index in [2.05, 4.69) is 15.3 Å². The van der Waals surface area contributed by atoms with Crippen LogP contribution in [0.5, 0.6) is 23.1 Å². The van der Waals surface area contributed by atoms with E-state index < -0.39 is 34.9 Å². The van der Waals surface area contributed by atoms with Crippen LogP contribution in [-0.2, 0) is 13.0 Å². The Morgan fingerprint density at radius 1 is 1.00 bits per heavy atom. The Balaban J connectivity index is 1.52. The van der Waals surface area contributed by atoms with Crippen LogP contribution in [0.2, 0.25) is 0 Å². The molecule has 30 heavy (non-hydrogen) atoms. The van der Waals surface area contributed by atoms with E-state index in [0.29, 0.717) is 17.1 Å². The minimum Gasteiger partial charge on any atom is -0.501 e. The number of ether oxygens (including phenoxy) is 2. The molecule has 10 heteroatoms. The van der Waals surface area contributed by atoms with Crippen molar-refractivity contribution in [2.45, 2.75) is 13.0 Å². The first-order valence-corrected chi connectivity index (χ1v) is 8.80. The molecule has 2 aromatic carbocycles. The number of rotatable bonds is 5. The smallest absolute Gasteiger partial charge is 0.274 e. The normalized spacial score (nSPS) is 12.1. The number of fused-ring (bicyclic) bond motifs is 1. The van der Waals surface area contributed by atoms with Crippen LogP contribution in [0.3, 0.4) is 0 Å². The first-order valence-electron chi connectivity index (χ1n) is 8.80. The van der Waals surface area contributed by atoms with Gasteiger partial charge in [0.15, 0.2) is 28.8 Å². The van der Waals surface area contributed by atoms with E-state index in [1.54, 1.807) is 18.2 Å². The second kappa shape index (κ2) is 7.82. The molecule has 0 unspecified atom stereocenters. The van der Waals surface area contributed by atoms with Crippen molar-refractivity contribution < 1.29 is 33.3 Å². The molecule has 8 nitrogen and oxygen atoms in total. The van der Waals surface area contributed by atoms with Crippen LogP contribution < -0.4 is 14.8 Å². The molecule has 3 N–H and O–H groups in total. The van der Waals surface area contributed by atoms with Crippen molar-refractivity contribution in [1.29, 1.82) is 0 Å². The standard InChI is InChI=1S/C20H15F2N3O5/c21-12-3-1-11(5-13(12)22)8-23-19(27)17-18(26)20(28)25-16(24-17)7-10-2-4-14-15(6-10)30-9-29-14/h1-6,26H,7-9H2,(H,23,27)(H,24,25,28). The summed E-state index contributed by atoms with van der Waals surface area (Å²) >= 11 is 0. The number of hydrogen-bond donors (Lipinski definition) is 3. The fraction of sp³-hybridized carbons (Fsp3) is 0.150. The molecule has 3 aromatic rings. The van der Waals surface area contributed by atoms with Gasteiger partial charge in [0.25, 0.3) is 11.8 Å². The molecular formula is C20H15F2N3O5. The minimum atomic E-state index is -1.05. The van der Waals surface area contributed by atoms with Crippen LogP contribution in [0.1, 0.15) is 27.4 Å². The molecule has 0 saturated heterocycles. The van der Waals surface area contributed by atoms with Gasteiger partial charge in [0.05, 0.1) is 0 Å². The van der Waals surface area contributed by atoms with Crippen molar-refractivity contribution in [3.8, 4) is 23.1 Å². The van der Waals surface area contributed by atoms with Gasteiger partial charge in [-0.15, -0.1) is 0 Å². The number of carbonyl (C=O) groups excluding carboxylic acids is 1. The lowest BCUT2D eigenvalue weighted by Gasteiger charge is -2.09. The first kappa shape index (κ1) is 19.4. The van der Waals surface area contributed by atoms with Crippen molar-refractivity contribution in [1.82, 2.24) is 15.3 Å². The van der Waals surface area contributed by atoms with Crippen molar-refractivity contribution in [3.63, 3.8) is 0 Å². The fourth-order valence-corrected chi connectivity index (χ4v) is 2.87. The number of nitrogens with zero attached hydrogens (tertiary/aromatic N) is 2. The number of carbonyl (C=O) groups is 1. The first-order chi connectivity index (χ1) is 14.4. The quantitative estimate of drug-likeness (QED) is 0.586. The van der Waals surface area contributed by atoms with Crippen LogP contribution in [0.15, 0.2) is 36.4 Å². The van der Waals surface area contributed by atoms with Gasteiger partial charge in [-0.25, -0.2) is 13.8 Å². The lowest BCUT2D eigenvalue weighted by molar-refractivity contribution is 0.0941. The number of amides is 1. The van der Waals surface area contributed by atoms with Crippen molar-refractivity contribution in [3.05, 3.63) is 70.7 Å². The molecule has 1 aliphatic heterocycles. The average Bonchev–Trinajstić information content (AvgIpc) is 3.19. The Kier molecular flexibility index (Phi) is 5.05. The average molecular weight is 415 g/mol. The largest absolute Gasteiger partial charge is 0.501 e. The van der Waals surface area contributed by atoms with Gasteiger partial charge in [0.2, 0.25) is 12.5 Å². The van der Waals surface area contributed by atoms with E-state index in [9.17, 15) is 23.8 Å². The Hall–Kier alpha value is -3.95. The molecule has 1 aromatic heterocycles. The summed E-state index contributed by atoms with van der Waals surface area (Å²) in [5.41, 5.74) is 0.596. The third-order valence-electron chi connectivity index (χ3n) is 4.36. The highest BCUT2D eigenvalue weighted by Crippen LogP contribution is 2.33.